The first-order valence-corrected chi connectivity index (χ1v) is 13.8. The molecule has 3 heterocycles. The average Bonchev–Trinajstić information content (AvgIpc) is 2.99. The van der Waals surface area contributed by atoms with Crippen LogP contribution in [0.25, 0.3) is 11.7 Å². The van der Waals surface area contributed by atoms with E-state index in [0.717, 1.165) is 11.1 Å². The molecule has 0 aliphatic carbocycles. The number of aromatic nitrogens is 2. The molecular formula is C33H25N5O4S. The highest BCUT2D eigenvalue weighted by molar-refractivity contribution is 7.80. The van der Waals surface area contributed by atoms with Crippen molar-refractivity contribution in [3.8, 4) is 11.5 Å². The maximum atomic E-state index is 13.8. The van der Waals surface area contributed by atoms with Gasteiger partial charge < -0.3 is 10.1 Å². The molecule has 0 bridgehead atoms. The fourth-order valence-electron chi connectivity index (χ4n) is 4.58. The molecule has 0 unspecified atom stereocenters. The zero-order valence-electron chi connectivity index (χ0n) is 23.2. The Hall–Kier alpha value is -5.61. The molecule has 3 aromatic carbocycles. The summed E-state index contributed by atoms with van der Waals surface area (Å²) in [5.74, 6) is 0.0269. The number of benzene rings is 3. The van der Waals surface area contributed by atoms with Crippen molar-refractivity contribution in [3.05, 3.63) is 130 Å². The fourth-order valence-corrected chi connectivity index (χ4v) is 4.86. The Bertz CT molecular complexity index is 1990. The molecule has 0 saturated carbocycles. The first-order valence-electron chi connectivity index (χ1n) is 13.4. The highest BCUT2D eigenvalue weighted by Gasteiger charge is 2.35. The van der Waals surface area contributed by atoms with Crippen molar-refractivity contribution >= 4 is 58.1 Å². The first kappa shape index (κ1) is 27.6. The summed E-state index contributed by atoms with van der Waals surface area (Å²) in [7, 11) is 0. The number of hydrogen-bond acceptors (Lipinski definition) is 7. The van der Waals surface area contributed by atoms with Gasteiger partial charge in [0, 0.05) is 11.9 Å². The van der Waals surface area contributed by atoms with Crippen molar-refractivity contribution in [3.63, 3.8) is 0 Å². The van der Waals surface area contributed by atoms with Crippen LogP contribution < -0.4 is 25.8 Å². The van der Waals surface area contributed by atoms with E-state index in [2.05, 4.69) is 15.6 Å². The molecule has 2 amide bonds. The lowest BCUT2D eigenvalue weighted by Crippen LogP contribution is -2.54. The summed E-state index contributed by atoms with van der Waals surface area (Å²) in [5, 5.41) is 5.67. The van der Waals surface area contributed by atoms with Gasteiger partial charge in [0.25, 0.3) is 17.4 Å². The van der Waals surface area contributed by atoms with E-state index in [1.165, 1.54) is 15.4 Å². The highest BCUT2D eigenvalue weighted by Crippen LogP contribution is 2.28. The maximum absolute atomic E-state index is 13.8. The van der Waals surface area contributed by atoms with Crippen LogP contribution in [0.1, 0.15) is 16.7 Å². The van der Waals surface area contributed by atoms with Gasteiger partial charge >= 0.3 is 0 Å². The minimum Gasteiger partial charge on any atom is -0.457 e. The molecular weight excluding hydrogens is 562 g/mol. The number of carbonyl (C=O) groups is 2. The van der Waals surface area contributed by atoms with Gasteiger partial charge in [-0.1, -0.05) is 42.0 Å². The van der Waals surface area contributed by atoms with Gasteiger partial charge in [0.15, 0.2) is 5.11 Å². The number of anilines is 3. The summed E-state index contributed by atoms with van der Waals surface area (Å²) < 4.78 is 7.24. The van der Waals surface area contributed by atoms with E-state index in [1.54, 1.807) is 36.5 Å². The SMILES string of the molecule is Cc1ccc(Nc2nc3ccc(C)cn3c(=O)c2/C=C2\C(=O)NC(=S)N(c3ccc(Oc4ccccc4)cc3)C2=O)cc1. The van der Waals surface area contributed by atoms with Crippen LogP contribution in [0, 0.1) is 13.8 Å². The normalized spacial score (nSPS) is 14.2. The maximum Gasteiger partial charge on any atom is 0.270 e. The van der Waals surface area contributed by atoms with Crippen molar-refractivity contribution in [2.24, 2.45) is 0 Å². The third-order valence-electron chi connectivity index (χ3n) is 6.78. The van der Waals surface area contributed by atoms with E-state index in [4.69, 9.17) is 17.0 Å². The van der Waals surface area contributed by atoms with Crippen LogP contribution in [0.2, 0.25) is 0 Å². The van der Waals surface area contributed by atoms with E-state index < -0.39 is 17.4 Å². The second-order valence-corrected chi connectivity index (χ2v) is 10.4. The third kappa shape index (κ3) is 5.64. The molecule has 0 radical (unpaired) electrons. The number of ether oxygens (including phenoxy) is 1. The Morgan fingerprint density at radius 3 is 2.23 bits per heavy atom. The largest absolute Gasteiger partial charge is 0.457 e. The molecule has 0 atom stereocenters. The summed E-state index contributed by atoms with van der Waals surface area (Å²) in [6.45, 7) is 3.82. The molecule has 9 nitrogen and oxygen atoms in total. The minimum absolute atomic E-state index is 0.0431. The fraction of sp³-hybridized carbons (Fsp3) is 0.0606. The topological polar surface area (TPSA) is 105 Å². The van der Waals surface area contributed by atoms with E-state index >= 15 is 0 Å². The van der Waals surface area contributed by atoms with Gasteiger partial charge in [0.2, 0.25) is 0 Å². The summed E-state index contributed by atoms with van der Waals surface area (Å²) in [4.78, 5) is 46.5. The number of para-hydroxylation sites is 1. The van der Waals surface area contributed by atoms with Crippen molar-refractivity contribution in [1.82, 2.24) is 14.7 Å². The van der Waals surface area contributed by atoms with Gasteiger partial charge in [0.05, 0.1) is 11.3 Å². The number of pyridine rings is 1. The average molecular weight is 588 g/mol. The number of hydrogen-bond donors (Lipinski definition) is 2. The second kappa shape index (κ2) is 11.3. The monoisotopic (exact) mass is 587 g/mol. The first-order chi connectivity index (χ1) is 20.8. The quantitative estimate of drug-likeness (QED) is 0.150. The van der Waals surface area contributed by atoms with Crippen LogP contribution in [-0.4, -0.2) is 26.3 Å². The summed E-state index contributed by atoms with van der Waals surface area (Å²) in [5.41, 5.74) is 2.76. The number of thiocarbonyl (C=S) groups is 1. The van der Waals surface area contributed by atoms with Gasteiger partial charge in [-0.25, -0.2) is 4.98 Å². The van der Waals surface area contributed by atoms with Crippen LogP contribution in [0.15, 0.2) is 108 Å². The molecule has 0 spiro atoms. The summed E-state index contributed by atoms with van der Waals surface area (Å²) in [6, 6.07) is 27.1. The molecule has 43 heavy (non-hydrogen) atoms. The van der Waals surface area contributed by atoms with Crippen LogP contribution in [0.5, 0.6) is 11.5 Å². The Morgan fingerprint density at radius 1 is 0.837 bits per heavy atom. The smallest absolute Gasteiger partial charge is 0.270 e. The van der Waals surface area contributed by atoms with Crippen LogP contribution >= 0.6 is 12.2 Å². The van der Waals surface area contributed by atoms with Gasteiger partial charge in [-0.2, -0.15) is 0 Å². The lowest BCUT2D eigenvalue weighted by molar-refractivity contribution is -0.122. The number of aryl methyl sites for hydroxylation is 2. The third-order valence-corrected chi connectivity index (χ3v) is 7.07. The molecule has 1 fully saturated rings. The number of nitrogens with one attached hydrogen (secondary N) is 2. The van der Waals surface area contributed by atoms with Crippen molar-refractivity contribution in [2.45, 2.75) is 13.8 Å². The molecule has 2 aromatic heterocycles. The van der Waals surface area contributed by atoms with Crippen LogP contribution in [0.4, 0.5) is 17.2 Å². The summed E-state index contributed by atoms with van der Waals surface area (Å²) >= 11 is 5.37. The Morgan fingerprint density at radius 2 is 1.51 bits per heavy atom. The second-order valence-electron chi connectivity index (χ2n) is 9.97. The molecule has 1 aliphatic heterocycles. The standard InChI is InChI=1S/C33H25N5O4S/c1-20-8-11-22(12-9-20)34-29-26(31(40)37-19-21(2)10-17-28(37)35-29)18-27-30(39)36-33(43)38(32(27)41)23-13-15-25(16-14-23)42-24-6-4-3-5-7-24/h3-19,34H,1-2H3,(H,36,39,43)/b27-18+. The van der Waals surface area contributed by atoms with Crippen molar-refractivity contribution in [1.29, 1.82) is 0 Å². The van der Waals surface area contributed by atoms with Gasteiger partial charge in [-0.15, -0.1) is 0 Å². The molecule has 1 saturated heterocycles. The molecule has 212 valence electrons. The number of nitrogens with zero attached hydrogens (tertiary/aromatic N) is 3. The van der Waals surface area contributed by atoms with Gasteiger partial charge in [0.1, 0.15) is 28.5 Å². The lowest BCUT2D eigenvalue weighted by atomic mass is 10.1. The molecule has 6 rings (SSSR count). The van der Waals surface area contributed by atoms with Crippen molar-refractivity contribution < 1.29 is 14.3 Å². The Labute approximate surface area is 252 Å². The molecule has 10 heteroatoms. The van der Waals surface area contributed by atoms with Gasteiger partial charge in [-0.3, -0.25) is 29.0 Å². The predicted molar refractivity (Wildman–Crippen MR) is 170 cm³/mol. The predicted octanol–water partition coefficient (Wildman–Crippen LogP) is 5.68. The Balaban J connectivity index is 1.40. The Kier molecular flexibility index (Phi) is 7.27. The number of fused-ring (bicyclic) bond motifs is 1. The number of carbonyl (C=O) groups excluding carboxylic acids is 2. The number of amides is 2. The van der Waals surface area contributed by atoms with Gasteiger partial charge in [-0.05, 0) is 92.3 Å². The van der Waals surface area contributed by atoms with Crippen LogP contribution in [-0.2, 0) is 9.59 Å². The zero-order valence-corrected chi connectivity index (χ0v) is 24.0. The lowest BCUT2D eigenvalue weighted by Gasteiger charge is -2.29. The molecule has 1 aliphatic rings. The van der Waals surface area contributed by atoms with E-state index in [9.17, 15) is 14.4 Å². The zero-order chi connectivity index (χ0) is 30.1. The van der Waals surface area contributed by atoms with Crippen LogP contribution in [0.3, 0.4) is 0 Å². The highest BCUT2D eigenvalue weighted by atomic mass is 32.1. The van der Waals surface area contributed by atoms with E-state index in [-0.39, 0.29) is 22.1 Å². The summed E-state index contributed by atoms with van der Waals surface area (Å²) in [6.07, 6.45) is 2.92. The number of rotatable bonds is 6. The van der Waals surface area contributed by atoms with E-state index in [0.29, 0.717) is 28.5 Å². The molecule has 5 aromatic rings. The molecule has 2 N–H and O–H groups in total. The van der Waals surface area contributed by atoms with Crippen molar-refractivity contribution in [2.75, 3.05) is 10.2 Å². The van der Waals surface area contributed by atoms with E-state index in [1.807, 2.05) is 74.5 Å². The minimum atomic E-state index is -0.717.